The fraction of sp³-hybridized carbons (Fsp3) is 1.00. The van der Waals surface area contributed by atoms with Crippen LogP contribution in [0.25, 0.3) is 0 Å². The Labute approximate surface area is 124 Å². The van der Waals surface area contributed by atoms with Crippen molar-refractivity contribution in [2.75, 3.05) is 6.16 Å². The van der Waals surface area contributed by atoms with Gasteiger partial charge in [0.1, 0.15) is 0 Å². The van der Waals surface area contributed by atoms with Gasteiger partial charge in [-0.05, 0) is 31.1 Å². The molecule has 1 radical (unpaired) electrons. The highest BCUT2D eigenvalue weighted by atomic mass is 31.1. The highest BCUT2D eigenvalue weighted by Gasteiger charge is 2.09. The molecule has 1 rings (SSSR count). The van der Waals surface area contributed by atoms with Gasteiger partial charge in [-0.1, -0.05) is 92.6 Å². The zero-order valence-corrected chi connectivity index (χ0v) is 14.2. The molecule has 19 heavy (non-hydrogen) atoms. The van der Waals surface area contributed by atoms with E-state index in [-0.39, 0.29) is 0 Å². The Balaban J connectivity index is 2.11. The van der Waals surface area contributed by atoms with Crippen molar-refractivity contribution in [3.8, 4) is 0 Å². The predicted octanol–water partition coefficient (Wildman–Crippen LogP) is 7.19. The molecule has 0 bridgehead atoms. The monoisotopic (exact) mass is 283 g/mol. The SMILES string of the molecule is CCCCCC[P]C1CCCCCCCCCCC1. The van der Waals surface area contributed by atoms with Crippen molar-refractivity contribution in [3.05, 3.63) is 0 Å². The third kappa shape index (κ3) is 10.8. The molecule has 1 fully saturated rings. The first-order valence-electron chi connectivity index (χ1n) is 9.10. The summed E-state index contributed by atoms with van der Waals surface area (Å²) < 4.78 is 0. The van der Waals surface area contributed by atoms with E-state index < -0.39 is 0 Å². The van der Waals surface area contributed by atoms with E-state index >= 15 is 0 Å². The lowest BCUT2D eigenvalue weighted by molar-refractivity contribution is 0.508. The first kappa shape index (κ1) is 17.5. The van der Waals surface area contributed by atoms with Crippen LogP contribution in [0.5, 0.6) is 0 Å². The van der Waals surface area contributed by atoms with E-state index in [9.17, 15) is 0 Å². The van der Waals surface area contributed by atoms with E-state index in [1.807, 2.05) is 0 Å². The van der Waals surface area contributed by atoms with Gasteiger partial charge in [0, 0.05) is 0 Å². The third-order valence-corrected chi connectivity index (χ3v) is 6.08. The van der Waals surface area contributed by atoms with Crippen molar-refractivity contribution >= 4 is 8.58 Å². The minimum absolute atomic E-state index is 1.04. The predicted molar refractivity (Wildman–Crippen MR) is 90.5 cm³/mol. The van der Waals surface area contributed by atoms with Gasteiger partial charge in [-0.15, -0.1) is 0 Å². The van der Waals surface area contributed by atoms with Gasteiger partial charge in [0.25, 0.3) is 0 Å². The molecule has 0 nitrogen and oxygen atoms in total. The molecule has 0 aromatic rings. The van der Waals surface area contributed by atoms with Crippen LogP contribution in [0.3, 0.4) is 0 Å². The molecule has 0 heterocycles. The number of rotatable bonds is 6. The molecule has 0 unspecified atom stereocenters. The molecule has 113 valence electrons. The maximum Gasteiger partial charge on any atom is -0.0170 e. The Morgan fingerprint density at radius 3 is 1.74 bits per heavy atom. The average Bonchev–Trinajstić information content (AvgIpc) is 2.41. The second-order valence-corrected chi connectivity index (χ2v) is 7.92. The Morgan fingerprint density at radius 2 is 1.21 bits per heavy atom. The van der Waals surface area contributed by atoms with Crippen LogP contribution in [0.4, 0.5) is 0 Å². The quantitative estimate of drug-likeness (QED) is 0.357. The summed E-state index contributed by atoms with van der Waals surface area (Å²) in [6.45, 7) is 2.31. The summed E-state index contributed by atoms with van der Waals surface area (Å²) in [5.74, 6) is 0. The molecular formula is C18H36P. The highest BCUT2D eigenvalue weighted by Crippen LogP contribution is 2.31. The van der Waals surface area contributed by atoms with Crippen LogP contribution in [-0.4, -0.2) is 11.8 Å². The Bertz CT molecular complexity index is 167. The zero-order valence-electron chi connectivity index (χ0n) is 13.3. The van der Waals surface area contributed by atoms with Crippen LogP contribution < -0.4 is 0 Å². The molecule has 1 aliphatic rings. The fourth-order valence-electron chi connectivity index (χ4n) is 3.14. The number of hydrogen-bond donors (Lipinski definition) is 0. The Hall–Kier alpha value is 0.430. The molecule has 0 N–H and O–H groups in total. The van der Waals surface area contributed by atoms with Gasteiger partial charge >= 0.3 is 0 Å². The molecule has 0 aromatic carbocycles. The van der Waals surface area contributed by atoms with Crippen LogP contribution in [0.1, 0.15) is 103 Å². The fourth-order valence-corrected chi connectivity index (χ4v) is 4.64. The number of hydrogen-bond acceptors (Lipinski definition) is 0. The van der Waals surface area contributed by atoms with Crippen molar-refractivity contribution in [2.24, 2.45) is 0 Å². The summed E-state index contributed by atoms with van der Waals surface area (Å²) >= 11 is 0. The summed E-state index contributed by atoms with van der Waals surface area (Å²) in [5, 5.41) is 0. The molecule has 0 aliphatic heterocycles. The van der Waals surface area contributed by atoms with Crippen molar-refractivity contribution in [1.82, 2.24) is 0 Å². The van der Waals surface area contributed by atoms with E-state index in [4.69, 9.17) is 0 Å². The summed E-state index contributed by atoms with van der Waals surface area (Å²) in [4.78, 5) is 0. The van der Waals surface area contributed by atoms with Crippen LogP contribution in [0.15, 0.2) is 0 Å². The van der Waals surface area contributed by atoms with E-state index in [1.165, 1.54) is 102 Å². The molecule has 0 spiro atoms. The molecule has 1 saturated carbocycles. The maximum absolute atomic E-state index is 2.31. The van der Waals surface area contributed by atoms with Gasteiger partial charge in [0.05, 0.1) is 0 Å². The Morgan fingerprint density at radius 1 is 0.684 bits per heavy atom. The second-order valence-electron chi connectivity index (χ2n) is 6.38. The van der Waals surface area contributed by atoms with Gasteiger partial charge in [0.15, 0.2) is 0 Å². The smallest absolute Gasteiger partial charge is 0.0170 e. The lowest BCUT2D eigenvalue weighted by Crippen LogP contribution is -2.03. The largest absolute Gasteiger partial charge is 0.0775 e. The summed E-state index contributed by atoms with van der Waals surface area (Å²) in [6, 6.07) is 0. The van der Waals surface area contributed by atoms with Crippen LogP contribution in [-0.2, 0) is 0 Å². The van der Waals surface area contributed by atoms with Crippen LogP contribution in [0, 0.1) is 0 Å². The molecule has 1 heteroatoms. The second kappa shape index (κ2) is 13.4. The molecular weight excluding hydrogens is 247 g/mol. The zero-order chi connectivity index (χ0) is 13.6. The summed E-state index contributed by atoms with van der Waals surface area (Å²) in [7, 11) is 1.79. The van der Waals surface area contributed by atoms with Crippen molar-refractivity contribution < 1.29 is 0 Å². The van der Waals surface area contributed by atoms with Crippen molar-refractivity contribution in [3.63, 3.8) is 0 Å². The molecule has 0 amide bonds. The minimum Gasteiger partial charge on any atom is -0.0775 e. The average molecular weight is 283 g/mol. The standard InChI is InChI=1S/C18H36P/c1-2-3-4-14-17-19-18-15-12-10-8-6-5-7-9-11-13-16-18/h18H,2-17H2,1H3. The lowest BCUT2D eigenvalue weighted by Gasteiger charge is -2.17. The first-order chi connectivity index (χ1) is 9.43. The van der Waals surface area contributed by atoms with Gasteiger partial charge in [-0.25, -0.2) is 0 Å². The van der Waals surface area contributed by atoms with E-state index in [0.717, 1.165) is 5.66 Å². The topological polar surface area (TPSA) is 0 Å². The molecule has 0 saturated heterocycles. The minimum atomic E-state index is 1.04. The van der Waals surface area contributed by atoms with E-state index in [0.29, 0.717) is 0 Å². The van der Waals surface area contributed by atoms with Gasteiger partial charge in [-0.2, -0.15) is 0 Å². The highest BCUT2D eigenvalue weighted by molar-refractivity contribution is 7.38. The summed E-state index contributed by atoms with van der Waals surface area (Å²) in [5.41, 5.74) is 1.04. The van der Waals surface area contributed by atoms with Gasteiger partial charge in [-0.3, -0.25) is 0 Å². The van der Waals surface area contributed by atoms with E-state index in [2.05, 4.69) is 6.92 Å². The molecule has 0 aromatic heterocycles. The van der Waals surface area contributed by atoms with Gasteiger partial charge < -0.3 is 0 Å². The van der Waals surface area contributed by atoms with Crippen molar-refractivity contribution in [2.45, 2.75) is 109 Å². The normalized spacial score (nSPS) is 21.3. The van der Waals surface area contributed by atoms with Crippen molar-refractivity contribution in [1.29, 1.82) is 0 Å². The number of unbranched alkanes of at least 4 members (excludes halogenated alkanes) is 3. The van der Waals surface area contributed by atoms with E-state index in [1.54, 1.807) is 8.58 Å². The first-order valence-corrected chi connectivity index (χ1v) is 10.2. The maximum atomic E-state index is 2.31. The third-order valence-electron chi connectivity index (χ3n) is 4.47. The molecule has 0 atom stereocenters. The van der Waals surface area contributed by atoms with Crippen LogP contribution >= 0.6 is 8.58 Å². The van der Waals surface area contributed by atoms with Crippen LogP contribution in [0.2, 0.25) is 0 Å². The Kier molecular flexibility index (Phi) is 12.3. The van der Waals surface area contributed by atoms with Gasteiger partial charge in [0.2, 0.25) is 0 Å². The lowest BCUT2D eigenvalue weighted by atomic mass is 10.0. The molecule has 1 aliphatic carbocycles. The summed E-state index contributed by atoms with van der Waals surface area (Å²) in [6.07, 6.45) is 23.8.